The zero-order valence-electron chi connectivity index (χ0n) is 16.1. The normalized spacial score (nSPS) is 15.7. The lowest BCUT2D eigenvalue weighted by molar-refractivity contribution is 0.180. The van der Waals surface area contributed by atoms with E-state index in [0.717, 1.165) is 55.5 Å². The Morgan fingerprint density at radius 1 is 1.00 bits per heavy atom. The third-order valence-electron chi connectivity index (χ3n) is 5.93. The van der Waals surface area contributed by atoms with Crippen LogP contribution in [0.15, 0.2) is 54.7 Å². The number of nitriles is 1. The molecular formula is C24H26FN3. The van der Waals surface area contributed by atoms with Crippen molar-refractivity contribution in [3.63, 3.8) is 0 Å². The quantitative estimate of drug-likeness (QED) is 0.607. The smallest absolute Gasteiger partial charge is 0.123 e. The van der Waals surface area contributed by atoms with Crippen molar-refractivity contribution < 1.29 is 4.39 Å². The van der Waals surface area contributed by atoms with Crippen molar-refractivity contribution in [3.8, 4) is 6.07 Å². The van der Waals surface area contributed by atoms with Crippen LogP contribution in [0.2, 0.25) is 0 Å². The summed E-state index contributed by atoms with van der Waals surface area (Å²) in [6, 6.07) is 17.4. The molecule has 0 atom stereocenters. The van der Waals surface area contributed by atoms with Crippen molar-refractivity contribution >= 4 is 10.9 Å². The van der Waals surface area contributed by atoms with Gasteiger partial charge in [0.1, 0.15) is 11.9 Å². The number of aryl methyl sites for hydroxylation is 1. The predicted octanol–water partition coefficient (Wildman–Crippen LogP) is 5.00. The first-order valence-electron chi connectivity index (χ1n) is 10.2. The monoisotopic (exact) mass is 375 g/mol. The summed E-state index contributed by atoms with van der Waals surface area (Å²) in [5.41, 5.74) is 3.15. The van der Waals surface area contributed by atoms with Crippen LogP contribution in [0.4, 0.5) is 4.39 Å². The molecule has 0 spiro atoms. The Labute approximate surface area is 166 Å². The Morgan fingerprint density at radius 3 is 2.50 bits per heavy atom. The highest BCUT2D eigenvalue weighted by Crippen LogP contribution is 2.23. The highest BCUT2D eigenvalue weighted by atomic mass is 19.1. The molecule has 0 aliphatic carbocycles. The number of hydrogen-bond acceptors (Lipinski definition) is 2. The molecule has 1 aliphatic heterocycles. The highest BCUT2D eigenvalue weighted by Gasteiger charge is 2.19. The number of rotatable bonds is 6. The Hall–Kier alpha value is -2.64. The Kier molecular flexibility index (Phi) is 5.73. The molecule has 2 heterocycles. The van der Waals surface area contributed by atoms with E-state index in [1.807, 2.05) is 36.5 Å². The lowest BCUT2D eigenvalue weighted by Crippen LogP contribution is -2.35. The minimum atomic E-state index is -0.157. The van der Waals surface area contributed by atoms with Crippen LogP contribution in [0, 0.1) is 23.1 Å². The van der Waals surface area contributed by atoms with Gasteiger partial charge in [0.05, 0.1) is 5.56 Å². The fourth-order valence-corrected chi connectivity index (χ4v) is 4.35. The maximum Gasteiger partial charge on any atom is 0.123 e. The van der Waals surface area contributed by atoms with Crippen LogP contribution in [-0.2, 0) is 13.0 Å². The van der Waals surface area contributed by atoms with Gasteiger partial charge < -0.3 is 9.47 Å². The molecule has 0 saturated carbocycles. The molecule has 0 amide bonds. The average molecular weight is 375 g/mol. The Balaban J connectivity index is 1.25. The van der Waals surface area contributed by atoms with E-state index in [9.17, 15) is 9.65 Å². The molecule has 28 heavy (non-hydrogen) atoms. The third-order valence-corrected chi connectivity index (χ3v) is 5.93. The van der Waals surface area contributed by atoms with Gasteiger partial charge in [0.15, 0.2) is 0 Å². The minimum absolute atomic E-state index is 0.157. The van der Waals surface area contributed by atoms with Gasteiger partial charge in [0, 0.05) is 23.6 Å². The number of fused-ring (bicyclic) bond motifs is 1. The maximum atomic E-state index is 13.0. The maximum absolute atomic E-state index is 13.0. The van der Waals surface area contributed by atoms with Crippen LogP contribution in [0.1, 0.15) is 30.4 Å². The number of para-hydroxylation sites is 1. The van der Waals surface area contributed by atoms with E-state index in [4.69, 9.17) is 0 Å². The van der Waals surface area contributed by atoms with E-state index in [2.05, 4.69) is 21.6 Å². The lowest BCUT2D eigenvalue weighted by Gasteiger charge is -2.32. The number of aromatic nitrogens is 1. The third kappa shape index (κ3) is 4.26. The van der Waals surface area contributed by atoms with Gasteiger partial charge in [-0.25, -0.2) is 4.39 Å². The van der Waals surface area contributed by atoms with Gasteiger partial charge in [-0.3, -0.25) is 0 Å². The summed E-state index contributed by atoms with van der Waals surface area (Å²) in [6.45, 7) is 4.32. The molecule has 1 fully saturated rings. The molecule has 1 aromatic heterocycles. The standard InChI is InChI=1S/C24H26FN3/c25-22-8-6-19(7-9-22)16-20-10-14-27(15-11-20)12-3-13-28-18-21(17-26)23-4-1-2-5-24(23)28/h1-2,4-9,18,20H,3,10-16H2. The van der Waals surface area contributed by atoms with Gasteiger partial charge in [-0.2, -0.15) is 5.26 Å². The Bertz CT molecular complexity index is 960. The molecule has 0 bridgehead atoms. The molecule has 144 valence electrons. The fourth-order valence-electron chi connectivity index (χ4n) is 4.35. The molecule has 1 saturated heterocycles. The van der Waals surface area contributed by atoms with E-state index in [1.54, 1.807) is 12.1 Å². The summed E-state index contributed by atoms with van der Waals surface area (Å²) in [7, 11) is 0. The van der Waals surface area contributed by atoms with Crippen LogP contribution < -0.4 is 0 Å². The van der Waals surface area contributed by atoms with Crippen LogP contribution in [0.25, 0.3) is 10.9 Å². The number of hydrogen-bond donors (Lipinski definition) is 0. The van der Waals surface area contributed by atoms with Gasteiger partial charge in [0.2, 0.25) is 0 Å². The molecular weight excluding hydrogens is 349 g/mol. The summed E-state index contributed by atoms with van der Waals surface area (Å²) < 4.78 is 15.3. The number of piperidine rings is 1. The van der Waals surface area contributed by atoms with E-state index in [-0.39, 0.29) is 5.82 Å². The van der Waals surface area contributed by atoms with E-state index < -0.39 is 0 Å². The summed E-state index contributed by atoms with van der Waals surface area (Å²) in [4.78, 5) is 2.55. The number of halogens is 1. The first-order valence-corrected chi connectivity index (χ1v) is 10.2. The first kappa shape index (κ1) is 18.7. The van der Waals surface area contributed by atoms with Crippen molar-refractivity contribution in [2.45, 2.75) is 32.2 Å². The van der Waals surface area contributed by atoms with Gasteiger partial charge >= 0.3 is 0 Å². The van der Waals surface area contributed by atoms with Gasteiger partial charge in [-0.1, -0.05) is 30.3 Å². The number of likely N-dealkylation sites (tertiary alicyclic amines) is 1. The second-order valence-electron chi connectivity index (χ2n) is 7.83. The second-order valence-corrected chi connectivity index (χ2v) is 7.83. The minimum Gasteiger partial charge on any atom is -0.346 e. The number of nitrogens with zero attached hydrogens (tertiary/aromatic N) is 3. The second kappa shape index (κ2) is 8.58. The topological polar surface area (TPSA) is 32.0 Å². The average Bonchev–Trinajstić information content (AvgIpc) is 3.09. The van der Waals surface area contributed by atoms with Crippen molar-refractivity contribution in [3.05, 3.63) is 71.7 Å². The SMILES string of the molecule is N#Cc1cn(CCCN2CCC(Cc3ccc(F)cc3)CC2)c2ccccc12. The zero-order chi connectivity index (χ0) is 19.3. The fraction of sp³-hybridized carbons (Fsp3) is 0.375. The van der Waals surface area contributed by atoms with Crippen molar-refractivity contribution in [1.29, 1.82) is 5.26 Å². The Morgan fingerprint density at radius 2 is 1.75 bits per heavy atom. The lowest BCUT2D eigenvalue weighted by atomic mass is 9.90. The molecule has 2 aromatic carbocycles. The summed E-state index contributed by atoms with van der Waals surface area (Å²) in [6.07, 6.45) is 6.55. The molecule has 0 radical (unpaired) electrons. The molecule has 4 heteroatoms. The highest BCUT2D eigenvalue weighted by molar-refractivity contribution is 5.86. The van der Waals surface area contributed by atoms with Crippen molar-refractivity contribution in [1.82, 2.24) is 9.47 Å². The van der Waals surface area contributed by atoms with Crippen molar-refractivity contribution in [2.75, 3.05) is 19.6 Å². The molecule has 0 unspecified atom stereocenters. The van der Waals surface area contributed by atoms with Gasteiger partial charge in [-0.05, 0) is 75.0 Å². The largest absolute Gasteiger partial charge is 0.346 e. The van der Waals surface area contributed by atoms with Crippen LogP contribution in [-0.4, -0.2) is 29.1 Å². The van der Waals surface area contributed by atoms with E-state index in [0.29, 0.717) is 5.92 Å². The van der Waals surface area contributed by atoms with Crippen molar-refractivity contribution in [2.24, 2.45) is 5.92 Å². The van der Waals surface area contributed by atoms with Crippen LogP contribution in [0.3, 0.4) is 0 Å². The molecule has 3 nitrogen and oxygen atoms in total. The summed E-state index contributed by atoms with van der Waals surface area (Å²) in [5.74, 6) is 0.546. The number of benzene rings is 2. The molecule has 1 aliphatic rings. The first-order chi connectivity index (χ1) is 13.7. The summed E-state index contributed by atoms with van der Waals surface area (Å²) in [5, 5.41) is 10.4. The van der Waals surface area contributed by atoms with Gasteiger partial charge in [-0.15, -0.1) is 0 Å². The predicted molar refractivity (Wildman–Crippen MR) is 111 cm³/mol. The molecule has 3 aromatic rings. The van der Waals surface area contributed by atoms with Crippen LogP contribution in [0.5, 0.6) is 0 Å². The summed E-state index contributed by atoms with van der Waals surface area (Å²) >= 11 is 0. The molecule has 0 N–H and O–H groups in total. The molecule has 4 rings (SSSR count). The zero-order valence-corrected chi connectivity index (χ0v) is 16.1. The van der Waals surface area contributed by atoms with Gasteiger partial charge in [0.25, 0.3) is 0 Å². The van der Waals surface area contributed by atoms with E-state index in [1.165, 1.54) is 18.4 Å². The van der Waals surface area contributed by atoms with Crippen LogP contribution >= 0.6 is 0 Å². The van der Waals surface area contributed by atoms with E-state index >= 15 is 0 Å².